The summed E-state index contributed by atoms with van der Waals surface area (Å²) in [7, 11) is 0. The molecule has 14 aromatic rings. The lowest BCUT2D eigenvalue weighted by atomic mass is 9.99. The Bertz CT molecular complexity index is 4060. The van der Waals surface area contributed by atoms with E-state index in [-0.39, 0.29) is 0 Å². The molecule has 0 aliphatic heterocycles. The Morgan fingerprint density at radius 3 is 0.957 bits per heavy atom. The molecule has 0 amide bonds. The number of aromatic nitrogens is 4. The predicted octanol–water partition coefficient (Wildman–Crippen LogP) is 17.4. The smallest absolute Gasteiger partial charge is 0.0570 e. The summed E-state index contributed by atoms with van der Waals surface area (Å²) in [4.78, 5) is 0. The summed E-state index contributed by atoms with van der Waals surface area (Å²) < 4.78 is 9.73. The van der Waals surface area contributed by atoms with Gasteiger partial charge in [-0.3, -0.25) is 0 Å². The van der Waals surface area contributed by atoms with Crippen molar-refractivity contribution in [2.45, 2.75) is 13.8 Å². The average molecular weight is 895 g/mol. The fourth-order valence-corrected chi connectivity index (χ4v) is 11.6. The second-order valence-electron chi connectivity index (χ2n) is 18.6. The Hall–Kier alpha value is -9.12. The van der Waals surface area contributed by atoms with Crippen LogP contribution in [0.25, 0.3) is 122 Å². The van der Waals surface area contributed by atoms with Crippen LogP contribution in [0.2, 0.25) is 0 Å². The third-order valence-corrected chi connectivity index (χ3v) is 14.7. The molecule has 4 heterocycles. The van der Waals surface area contributed by atoms with Gasteiger partial charge in [-0.1, -0.05) is 146 Å². The molecule has 0 spiro atoms. The fourth-order valence-electron chi connectivity index (χ4n) is 11.6. The van der Waals surface area contributed by atoms with E-state index in [9.17, 15) is 0 Å². The van der Waals surface area contributed by atoms with Crippen LogP contribution < -0.4 is 0 Å². The average Bonchev–Trinajstić information content (AvgIpc) is 4.13. The van der Waals surface area contributed by atoms with Crippen molar-refractivity contribution in [3.63, 3.8) is 0 Å². The summed E-state index contributed by atoms with van der Waals surface area (Å²) >= 11 is 0. The van der Waals surface area contributed by atoms with Crippen molar-refractivity contribution in [3.8, 4) is 56.4 Å². The van der Waals surface area contributed by atoms with Gasteiger partial charge in [0.2, 0.25) is 0 Å². The molecule has 0 atom stereocenters. The van der Waals surface area contributed by atoms with E-state index in [1.165, 1.54) is 110 Å². The first kappa shape index (κ1) is 40.0. The highest BCUT2D eigenvalue weighted by Gasteiger charge is 2.23. The van der Waals surface area contributed by atoms with Gasteiger partial charge in [0.1, 0.15) is 0 Å². The first-order valence-corrected chi connectivity index (χ1v) is 24.2. The molecule has 4 heteroatoms. The third kappa shape index (κ3) is 6.03. The van der Waals surface area contributed by atoms with Gasteiger partial charge in [-0.2, -0.15) is 0 Å². The summed E-state index contributed by atoms with van der Waals surface area (Å²) in [5, 5.41) is 7.43. The number of fused-ring (bicyclic) bond motifs is 8. The highest BCUT2D eigenvalue weighted by Crippen LogP contribution is 2.43. The Kier molecular flexibility index (Phi) is 8.99. The van der Waals surface area contributed by atoms with Crippen LogP contribution in [-0.4, -0.2) is 18.3 Å². The van der Waals surface area contributed by atoms with Crippen molar-refractivity contribution in [1.82, 2.24) is 18.3 Å². The molecule has 0 unspecified atom stereocenters. The van der Waals surface area contributed by atoms with Crippen LogP contribution in [0.1, 0.15) is 11.1 Å². The first-order chi connectivity index (χ1) is 34.6. The zero-order valence-electron chi connectivity index (χ0n) is 38.9. The van der Waals surface area contributed by atoms with Gasteiger partial charge in [-0.15, -0.1) is 0 Å². The van der Waals surface area contributed by atoms with Gasteiger partial charge in [0.05, 0.1) is 44.5 Å². The largest absolute Gasteiger partial charge is 0.309 e. The number of para-hydroxylation sites is 4. The molecule has 4 nitrogen and oxygen atoms in total. The Morgan fingerprint density at radius 1 is 0.214 bits per heavy atom. The summed E-state index contributed by atoms with van der Waals surface area (Å²) in [5.41, 5.74) is 21.5. The lowest BCUT2D eigenvalue weighted by Crippen LogP contribution is -1.98. The fraction of sp³-hybridized carbons (Fsp3) is 0.0303. The normalized spacial score (nSPS) is 11.9. The van der Waals surface area contributed by atoms with E-state index in [0.717, 1.165) is 22.7 Å². The summed E-state index contributed by atoms with van der Waals surface area (Å²) in [5.74, 6) is 0. The van der Waals surface area contributed by atoms with Crippen molar-refractivity contribution in [1.29, 1.82) is 0 Å². The molecule has 0 N–H and O–H groups in total. The lowest BCUT2D eigenvalue weighted by Gasteiger charge is -2.14. The van der Waals surface area contributed by atoms with Crippen LogP contribution in [0.3, 0.4) is 0 Å². The molecule has 0 aliphatic carbocycles. The molecule has 70 heavy (non-hydrogen) atoms. The maximum absolute atomic E-state index is 2.48. The Morgan fingerprint density at radius 2 is 0.543 bits per heavy atom. The maximum Gasteiger partial charge on any atom is 0.0570 e. The van der Waals surface area contributed by atoms with Crippen LogP contribution in [0.5, 0.6) is 0 Å². The quantitative estimate of drug-likeness (QED) is 0.152. The second kappa shape index (κ2) is 15.7. The van der Waals surface area contributed by atoms with Crippen LogP contribution in [0.4, 0.5) is 0 Å². The second-order valence-corrected chi connectivity index (χ2v) is 18.6. The SMILES string of the molecule is Cc1c(-c2ccccc2)n(-c2ccc3c(c2)c2ccccc2n3-c2ccccc2)c2ccc(-c3ccc4c(c3)c(C)c(-c3ccccc3)n4-c3ccc4c(c3)c3ccccc3n4-c3ccccc3)cc12. The van der Waals surface area contributed by atoms with Crippen molar-refractivity contribution in [2.75, 3.05) is 0 Å². The molecule has 14 rings (SSSR count). The zero-order valence-corrected chi connectivity index (χ0v) is 38.9. The number of hydrogen-bond donors (Lipinski definition) is 0. The highest BCUT2D eigenvalue weighted by molar-refractivity contribution is 6.12. The number of nitrogens with zero attached hydrogens (tertiary/aromatic N) is 4. The van der Waals surface area contributed by atoms with E-state index in [4.69, 9.17) is 0 Å². The molecule has 0 fully saturated rings. The minimum atomic E-state index is 1.14. The zero-order chi connectivity index (χ0) is 46.5. The molecular formula is C66H46N4. The van der Waals surface area contributed by atoms with Gasteiger partial charge < -0.3 is 18.3 Å². The van der Waals surface area contributed by atoms with Crippen LogP contribution in [-0.2, 0) is 0 Å². The van der Waals surface area contributed by atoms with E-state index in [0.29, 0.717) is 0 Å². The van der Waals surface area contributed by atoms with E-state index in [2.05, 4.69) is 275 Å². The molecule has 0 bridgehead atoms. The topological polar surface area (TPSA) is 19.7 Å². The van der Waals surface area contributed by atoms with Crippen molar-refractivity contribution < 1.29 is 0 Å². The standard InChI is InChI=1S/C66H46N4/c1-43-55-39-47(31-35-61(55)69(65(43)45-19-7-3-8-20-45)51-33-37-63-57(41-51)53-27-15-17-29-59(53)67(63)49-23-11-5-12-24-49)48-32-36-62-56(40-48)44(2)66(46-21-9-4-10-22-46)70(62)52-34-38-64-58(42-52)54-28-16-18-30-60(54)68(64)50-25-13-6-14-26-50/h3-42H,1-2H3. The third-order valence-electron chi connectivity index (χ3n) is 14.7. The Labute approximate surface area is 405 Å². The van der Waals surface area contributed by atoms with Gasteiger partial charge >= 0.3 is 0 Å². The number of rotatable bonds is 7. The number of aryl methyl sites for hydroxylation is 2. The minimum Gasteiger partial charge on any atom is -0.309 e. The highest BCUT2D eigenvalue weighted by atomic mass is 15.0. The molecule has 0 aliphatic rings. The van der Waals surface area contributed by atoms with Gasteiger partial charge in [-0.25, -0.2) is 0 Å². The summed E-state index contributed by atoms with van der Waals surface area (Å²) in [6.07, 6.45) is 0. The molecule has 0 saturated heterocycles. The molecular weight excluding hydrogens is 849 g/mol. The predicted molar refractivity (Wildman–Crippen MR) is 295 cm³/mol. The molecule has 4 aromatic heterocycles. The van der Waals surface area contributed by atoms with E-state index in [1.54, 1.807) is 0 Å². The Balaban J connectivity index is 0.940. The maximum atomic E-state index is 2.48. The summed E-state index contributed by atoms with van der Waals surface area (Å²) in [6.45, 7) is 4.58. The van der Waals surface area contributed by atoms with Gasteiger partial charge in [0, 0.05) is 55.1 Å². The van der Waals surface area contributed by atoms with E-state index in [1.807, 2.05) is 0 Å². The molecule has 330 valence electrons. The number of hydrogen-bond acceptors (Lipinski definition) is 0. The van der Waals surface area contributed by atoms with Gasteiger partial charge in [0.25, 0.3) is 0 Å². The van der Waals surface area contributed by atoms with Crippen molar-refractivity contribution in [2.24, 2.45) is 0 Å². The number of benzene rings is 10. The van der Waals surface area contributed by atoms with Crippen molar-refractivity contribution >= 4 is 65.4 Å². The lowest BCUT2D eigenvalue weighted by molar-refractivity contribution is 1.13. The van der Waals surface area contributed by atoms with Crippen LogP contribution >= 0.6 is 0 Å². The molecule has 10 aromatic carbocycles. The molecule has 0 saturated carbocycles. The van der Waals surface area contributed by atoms with Gasteiger partial charge in [0.15, 0.2) is 0 Å². The first-order valence-electron chi connectivity index (χ1n) is 24.2. The monoisotopic (exact) mass is 894 g/mol. The van der Waals surface area contributed by atoms with Gasteiger partial charge in [-0.05, 0) is 144 Å². The minimum absolute atomic E-state index is 1.14. The van der Waals surface area contributed by atoms with E-state index < -0.39 is 0 Å². The van der Waals surface area contributed by atoms with E-state index >= 15 is 0 Å². The van der Waals surface area contributed by atoms with Crippen LogP contribution in [0, 0.1) is 13.8 Å². The van der Waals surface area contributed by atoms with Crippen molar-refractivity contribution in [3.05, 3.63) is 254 Å². The molecule has 0 radical (unpaired) electrons. The van der Waals surface area contributed by atoms with Crippen LogP contribution in [0.15, 0.2) is 243 Å². The summed E-state index contributed by atoms with van der Waals surface area (Å²) in [6, 6.07) is 88.8.